The molecule has 9 nitrogen and oxygen atoms in total. The fraction of sp³-hybridized carbons (Fsp3) is 0.290. The van der Waals surface area contributed by atoms with Crippen molar-refractivity contribution >= 4 is 29.1 Å². The topological polar surface area (TPSA) is 114 Å². The molecule has 2 aliphatic heterocycles. The van der Waals surface area contributed by atoms with Crippen molar-refractivity contribution in [2.24, 2.45) is 7.05 Å². The van der Waals surface area contributed by atoms with Crippen LogP contribution in [0.5, 0.6) is 0 Å². The molecule has 3 aliphatic rings. The lowest BCUT2D eigenvalue weighted by Crippen LogP contribution is -2.39. The van der Waals surface area contributed by atoms with Crippen molar-refractivity contribution in [3.05, 3.63) is 101 Å². The number of hydrogen-bond acceptors (Lipinski definition) is 5. The van der Waals surface area contributed by atoms with Gasteiger partial charge in [-0.15, -0.1) is 0 Å². The van der Waals surface area contributed by atoms with Crippen molar-refractivity contribution < 1.29 is 19.1 Å². The van der Waals surface area contributed by atoms with E-state index in [2.05, 4.69) is 39.2 Å². The van der Waals surface area contributed by atoms with Crippen molar-refractivity contribution in [3.63, 3.8) is 0 Å². The van der Waals surface area contributed by atoms with E-state index in [1.165, 1.54) is 27.6 Å². The van der Waals surface area contributed by atoms with E-state index in [4.69, 9.17) is 4.74 Å². The number of aryl methyl sites for hydroxylation is 2. The number of anilines is 2. The molecule has 0 unspecified atom stereocenters. The summed E-state index contributed by atoms with van der Waals surface area (Å²) in [5.74, 6) is -0.927. The van der Waals surface area contributed by atoms with E-state index >= 15 is 0 Å². The van der Waals surface area contributed by atoms with Gasteiger partial charge < -0.3 is 20.7 Å². The second-order valence-corrected chi connectivity index (χ2v) is 10.5. The van der Waals surface area contributed by atoms with Gasteiger partial charge in [0.25, 0.3) is 11.8 Å². The molecule has 3 heterocycles. The number of carbonyl (C=O) groups excluding carboxylic acids is 3. The van der Waals surface area contributed by atoms with Gasteiger partial charge in [-0.1, -0.05) is 42.0 Å². The average Bonchev–Trinajstić information content (AvgIpc) is 3.51. The highest BCUT2D eigenvalue weighted by Gasteiger charge is 2.47. The first-order chi connectivity index (χ1) is 19.4. The van der Waals surface area contributed by atoms with Gasteiger partial charge >= 0.3 is 0 Å². The molecule has 2 aromatic carbocycles. The first-order valence-electron chi connectivity index (χ1n) is 13.5. The van der Waals surface area contributed by atoms with E-state index in [9.17, 15) is 14.4 Å². The van der Waals surface area contributed by atoms with Gasteiger partial charge in [0, 0.05) is 37.8 Å². The van der Waals surface area contributed by atoms with Gasteiger partial charge in [0.2, 0.25) is 5.91 Å². The molecular weight excluding hydrogens is 506 g/mol. The molecule has 1 saturated heterocycles. The lowest BCUT2D eigenvalue weighted by molar-refractivity contribution is -0.124. The van der Waals surface area contributed by atoms with Crippen LogP contribution in [-0.2, 0) is 39.6 Å². The second kappa shape index (κ2) is 10.6. The number of rotatable bonds is 5. The van der Waals surface area contributed by atoms with Crippen LogP contribution >= 0.6 is 0 Å². The van der Waals surface area contributed by atoms with Crippen LogP contribution in [0.15, 0.2) is 78.1 Å². The zero-order chi connectivity index (χ0) is 27.7. The monoisotopic (exact) mass is 537 g/mol. The molecule has 204 valence electrons. The first kappa shape index (κ1) is 25.8. The van der Waals surface area contributed by atoms with Gasteiger partial charge in [-0.25, -0.2) is 0 Å². The van der Waals surface area contributed by atoms with Crippen LogP contribution in [-0.4, -0.2) is 40.7 Å². The molecule has 1 aliphatic carbocycles. The summed E-state index contributed by atoms with van der Waals surface area (Å²) in [5.41, 5.74) is 5.82. The molecule has 0 atom stereocenters. The summed E-state index contributed by atoms with van der Waals surface area (Å²) in [5, 5.41) is 12.7. The molecule has 3 N–H and O–H groups in total. The number of nitrogens with one attached hydrogen (secondary N) is 3. The van der Waals surface area contributed by atoms with E-state index < -0.39 is 17.2 Å². The Labute approximate surface area is 232 Å². The maximum atomic E-state index is 13.5. The molecule has 3 aromatic rings. The molecule has 0 bridgehead atoms. The minimum atomic E-state index is -0.580. The number of aromatic nitrogens is 2. The van der Waals surface area contributed by atoms with Gasteiger partial charge in [-0.2, -0.15) is 5.10 Å². The van der Waals surface area contributed by atoms with Gasteiger partial charge in [0.1, 0.15) is 11.4 Å². The highest BCUT2D eigenvalue weighted by molar-refractivity contribution is 6.10. The number of nitrogens with zero attached hydrogens (tertiary/aromatic N) is 2. The Morgan fingerprint density at radius 3 is 2.65 bits per heavy atom. The Kier molecular flexibility index (Phi) is 6.81. The normalized spacial score (nSPS) is 18.7. The van der Waals surface area contributed by atoms with Crippen LogP contribution in [0, 0.1) is 0 Å². The zero-order valence-corrected chi connectivity index (χ0v) is 22.3. The first-order valence-corrected chi connectivity index (χ1v) is 13.5. The van der Waals surface area contributed by atoms with Gasteiger partial charge in [-0.3, -0.25) is 19.1 Å². The van der Waals surface area contributed by atoms with Crippen molar-refractivity contribution in [2.75, 3.05) is 23.8 Å². The Hall–Kier alpha value is -4.50. The third-order valence-corrected chi connectivity index (χ3v) is 8.11. The highest BCUT2D eigenvalue weighted by atomic mass is 16.5. The minimum Gasteiger partial charge on any atom is -0.381 e. The van der Waals surface area contributed by atoms with Gasteiger partial charge in [0.15, 0.2) is 0 Å². The van der Waals surface area contributed by atoms with E-state index in [0.717, 1.165) is 24.8 Å². The van der Waals surface area contributed by atoms with Crippen LogP contribution in [0.3, 0.4) is 0 Å². The third-order valence-electron chi connectivity index (χ3n) is 8.11. The molecule has 0 radical (unpaired) electrons. The lowest BCUT2D eigenvalue weighted by Gasteiger charge is -2.31. The van der Waals surface area contributed by atoms with E-state index in [1.54, 1.807) is 31.3 Å². The predicted molar refractivity (Wildman–Crippen MR) is 151 cm³/mol. The Morgan fingerprint density at radius 1 is 1.07 bits per heavy atom. The largest absolute Gasteiger partial charge is 0.381 e. The molecule has 9 heteroatoms. The average molecular weight is 538 g/mol. The third kappa shape index (κ3) is 4.84. The highest BCUT2D eigenvalue weighted by Crippen LogP contribution is 2.45. The molecule has 1 spiro atoms. The molecule has 6 rings (SSSR count). The Balaban J connectivity index is 1.25. The van der Waals surface area contributed by atoms with Crippen LogP contribution < -0.4 is 16.0 Å². The fourth-order valence-corrected chi connectivity index (χ4v) is 5.82. The van der Waals surface area contributed by atoms with Gasteiger partial charge in [0.05, 0.1) is 5.41 Å². The molecule has 40 heavy (non-hydrogen) atoms. The number of amides is 3. The van der Waals surface area contributed by atoms with E-state index in [0.29, 0.717) is 43.1 Å². The summed E-state index contributed by atoms with van der Waals surface area (Å²) < 4.78 is 6.94. The number of carbonyl (C=O) groups is 3. The van der Waals surface area contributed by atoms with Crippen LogP contribution in [0.1, 0.15) is 46.4 Å². The summed E-state index contributed by atoms with van der Waals surface area (Å²) >= 11 is 0. The molecule has 3 amide bonds. The maximum Gasteiger partial charge on any atom is 0.274 e. The molecular formula is C31H31N5O4. The predicted octanol–water partition coefficient (Wildman–Crippen LogP) is 3.79. The van der Waals surface area contributed by atoms with Crippen LogP contribution in [0.25, 0.3) is 0 Å². The smallest absolute Gasteiger partial charge is 0.274 e. The number of fused-ring (bicyclic) bond motifs is 3. The number of benzene rings is 2. The van der Waals surface area contributed by atoms with Crippen molar-refractivity contribution in [1.29, 1.82) is 0 Å². The van der Waals surface area contributed by atoms with Crippen LogP contribution in [0.2, 0.25) is 0 Å². The molecule has 1 fully saturated rings. The number of hydrogen-bond donors (Lipinski definition) is 3. The molecule has 0 saturated carbocycles. The summed E-state index contributed by atoms with van der Waals surface area (Å²) in [6, 6.07) is 15.4. The standard InChI is InChI=1S/C31H31N5O4/c1-36-27(12-15-32-36)29(38)34-25(11-7-20-6-8-21-4-2-3-5-22(21)18-20)28(37)33-23-9-10-24-26(19-23)35-30(39)31(24)13-16-40-17-14-31/h2-5,7,9-12,15,19H,6,8,13-14,16-18H2,1H3,(H,33,37)(H,34,38)(H,35,39). The van der Waals surface area contributed by atoms with Crippen molar-refractivity contribution in [1.82, 2.24) is 15.1 Å². The summed E-state index contributed by atoms with van der Waals surface area (Å²) in [7, 11) is 1.67. The fourth-order valence-electron chi connectivity index (χ4n) is 5.82. The Bertz CT molecular complexity index is 1560. The number of ether oxygens (including phenoxy) is 1. The Morgan fingerprint density at radius 2 is 1.88 bits per heavy atom. The van der Waals surface area contributed by atoms with E-state index in [1.807, 2.05) is 18.2 Å². The van der Waals surface area contributed by atoms with Crippen LogP contribution in [0.4, 0.5) is 11.4 Å². The van der Waals surface area contributed by atoms with Crippen molar-refractivity contribution in [3.8, 4) is 0 Å². The second-order valence-electron chi connectivity index (χ2n) is 10.5. The van der Waals surface area contributed by atoms with Crippen molar-refractivity contribution in [2.45, 2.75) is 37.5 Å². The molecule has 1 aromatic heterocycles. The van der Waals surface area contributed by atoms with E-state index in [-0.39, 0.29) is 11.6 Å². The summed E-state index contributed by atoms with van der Waals surface area (Å²) in [6.45, 7) is 1.08. The summed E-state index contributed by atoms with van der Waals surface area (Å²) in [4.78, 5) is 39.4. The number of allylic oxidation sites excluding steroid dienone is 3. The zero-order valence-electron chi connectivity index (χ0n) is 22.3. The maximum absolute atomic E-state index is 13.5. The quantitative estimate of drug-likeness (QED) is 0.429. The SMILES string of the molecule is Cn1nccc1C(=O)NC(=CC=C1CCc2ccccc2C1)C(=O)Nc1ccc2c(c1)NC(=O)C21CCOCC1. The minimum absolute atomic E-state index is 0.0287. The van der Waals surface area contributed by atoms with Gasteiger partial charge in [-0.05, 0) is 73.1 Å². The lowest BCUT2D eigenvalue weighted by atomic mass is 9.75. The summed E-state index contributed by atoms with van der Waals surface area (Å²) in [6.07, 6.45) is 9.00.